The van der Waals surface area contributed by atoms with Crippen molar-refractivity contribution in [2.24, 2.45) is 11.5 Å². The number of aromatic amines is 2. The summed E-state index contributed by atoms with van der Waals surface area (Å²) >= 11 is 0. The van der Waals surface area contributed by atoms with E-state index in [4.69, 9.17) is 22.3 Å². The van der Waals surface area contributed by atoms with E-state index in [9.17, 15) is 4.79 Å². The van der Waals surface area contributed by atoms with Crippen LogP contribution in [0.1, 0.15) is 27.6 Å². The van der Waals surface area contributed by atoms with Crippen LogP contribution in [0.2, 0.25) is 0 Å². The molecule has 128 valence electrons. The molecule has 8 N–H and O–H groups in total. The molecule has 4 aromatic rings. The molecule has 0 amide bonds. The van der Waals surface area contributed by atoms with Crippen LogP contribution in [0, 0.1) is 10.8 Å². The van der Waals surface area contributed by atoms with Crippen LogP contribution in [0.3, 0.4) is 0 Å². The molecule has 9 heteroatoms. The summed E-state index contributed by atoms with van der Waals surface area (Å²) in [5, 5.41) is 15.0. The molecule has 0 radical (unpaired) electrons. The topological polar surface area (TPSA) is 174 Å². The highest BCUT2D eigenvalue weighted by atomic mass is 16.1. The third kappa shape index (κ3) is 2.47. The Morgan fingerprint density at radius 1 is 0.808 bits per heavy atom. The fourth-order valence-corrected chi connectivity index (χ4v) is 2.68. The van der Waals surface area contributed by atoms with Gasteiger partial charge in [0.25, 0.3) is 5.78 Å². The van der Waals surface area contributed by atoms with Gasteiger partial charge in [-0.3, -0.25) is 15.6 Å². The van der Waals surface area contributed by atoms with E-state index in [1.165, 1.54) is 0 Å². The number of carbonyl (C=O) groups excluding carboxylic acids is 1. The van der Waals surface area contributed by atoms with Gasteiger partial charge in [-0.15, -0.1) is 0 Å². The first kappa shape index (κ1) is 15.5. The molecule has 2 aromatic carbocycles. The van der Waals surface area contributed by atoms with E-state index in [1.54, 1.807) is 36.4 Å². The first-order valence-electron chi connectivity index (χ1n) is 7.65. The van der Waals surface area contributed by atoms with Crippen molar-refractivity contribution in [3.05, 3.63) is 59.2 Å². The van der Waals surface area contributed by atoms with Crippen molar-refractivity contribution in [3.63, 3.8) is 0 Å². The van der Waals surface area contributed by atoms with Crippen LogP contribution in [0.15, 0.2) is 36.4 Å². The molecule has 0 bridgehead atoms. The number of aromatic nitrogens is 4. The quantitative estimate of drug-likeness (QED) is 0.185. The van der Waals surface area contributed by atoms with Crippen LogP contribution in [0.25, 0.3) is 22.1 Å². The van der Waals surface area contributed by atoms with Crippen molar-refractivity contribution >= 4 is 39.5 Å². The number of rotatable bonds is 4. The predicted molar refractivity (Wildman–Crippen MR) is 97.7 cm³/mol. The number of H-pyrrole nitrogens is 2. The monoisotopic (exact) mass is 346 g/mol. The van der Waals surface area contributed by atoms with Crippen LogP contribution in [0.5, 0.6) is 0 Å². The Balaban J connectivity index is 1.75. The third-order valence-electron chi connectivity index (χ3n) is 4.02. The number of benzene rings is 2. The van der Waals surface area contributed by atoms with Crippen LogP contribution in [-0.4, -0.2) is 37.4 Å². The van der Waals surface area contributed by atoms with Gasteiger partial charge in [-0.05, 0) is 36.4 Å². The van der Waals surface area contributed by atoms with Gasteiger partial charge in [-0.25, -0.2) is 9.97 Å². The van der Waals surface area contributed by atoms with Crippen molar-refractivity contribution in [1.29, 1.82) is 10.8 Å². The Hall–Kier alpha value is -4.01. The molecule has 0 aliphatic heterocycles. The van der Waals surface area contributed by atoms with Crippen LogP contribution in [-0.2, 0) is 0 Å². The number of nitrogen functional groups attached to an aromatic ring is 2. The Morgan fingerprint density at radius 2 is 1.23 bits per heavy atom. The number of hydrogen-bond acceptors (Lipinski definition) is 5. The SMILES string of the molecule is N=C(N)c1ccc2nc(C(=O)c3nc4ccc(C(=N)N)cc4[nH]3)[nH]c2c1. The predicted octanol–water partition coefficient (Wildman–Crippen LogP) is 1.24. The highest BCUT2D eigenvalue weighted by Gasteiger charge is 2.18. The average Bonchev–Trinajstić information content (AvgIpc) is 3.23. The molecular formula is C17H14N8O. The van der Waals surface area contributed by atoms with Crippen molar-refractivity contribution < 1.29 is 4.79 Å². The number of imidazole rings is 2. The van der Waals surface area contributed by atoms with Gasteiger partial charge < -0.3 is 21.4 Å². The third-order valence-corrected chi connectivity index (χ3v) is 4.02. The van der Waals surface area contributed by atoms with Gasteiger partial charge in [-0.1, -0.05) is 0 Å². The maximum atomic E-state index is 12.7. The van der Waals surface area contributed by atoms with E-state index >= 15 is 0 Å². The molecule has 4 rings (SSSR count). The van der Waals surface area contributed by atoms with E-state index in [0.29, 0.717) is 33.2 Å². The number of hydrogen-bond donors (Lipinski definition) is 6. The number of amidine groups is 2. The molecule has 0 saturated heterocycles. The minimum Gasteiger partial charge on any atom is -0.384 e. The summed E-state index contributed by atoms with van der Waals surface area (Å²) in [5.41, 5.74) is 14.4. The molecule has 2 aromatic heterocycles. The lowest BCUT2D eigenvalue weighted by Gasteiger charge is -1.96. The summed E-state index contributed by atoms with van der Waals surface area (Å²) in [6, 6.07) is 10.1. The van der Waals surface area contributed by atoms with Gasteiger partial charge in [0.15, 0.2) is 11.6 Å². The summed E-state index contributed by atoms with van der Waals surface area (Å²) in [7, 11) is 0. The first-order chi connectivity index (χ1) is 12.4. The molecule has 0 aliphatic carbocycles. The van der Waals surface area contributed by atoms with Gasteiger partial charge in [-0.2, -0.15) is 0 Å². The number of nitrogens with zero attached hydrogens (tertiary/aromatic N) is 2. The van der Waals surface area contributed by atoms with Gasteiger partial charge in [0.05, 0.1) is 22.1 Å². The molecule has 0 atom stereocenters. The Labute approximate surface area is 146 Å². The number of fused-ring (bicyclic) bond motifs is 2. The van der Waals surface area contributed by atoms with Crippen molar-refractivity contribution in [2.75, 3.05) is 0 Å². The van der Waals surface area contributed by atoms with Crippen molar-refractivity contribution in [2.45, 2.75) is 0 Å². The Kier molecular flexibility index (Phi) is 3.29. The summed E-state index contributed by atoms with van der Waals surface area (Å²) < 4.78 is 0. The van der Waals surface area contributed by atoms with Gasteiger partial charge >= 0.3 is 0 Å². The van der Waals surface area contributed by atoms with Gasteiger partial charge in [0.2, 0.25) is 0 Å². The fourth-order valence-electron chi connectivity index (χ4n) is 2.68. The normalized spacial score (nSPS) is 11.1. The van der Waals surface area contributed by atoms with Crippen LogP contribution >= 0.6 is 0 Å². The zero-order chi connectivity index (χ0) is 18.4. The van der Waals surface area contributed by atoms with Gasteiger partial charge in [0.1, 0.15) is 11.7 Å². The van der Waals surface area contributed by atoms with E-state index in [2.05, 4.69) is 19.9 Å². The molecule has 9 nitrogen and oxygen atoms in total. The maximum Gasteiger partial charge on any atom is 0.263 e. The number of nitrogens with one attached hydrogen (secondary N) is 4. The highest BCUT2D eigenvalue weighted by molar-refractivity contribution is 6.08. The smallest absolute Gasteiger partial charge is 0.263 e. The lowest BCUT2D eigenvalue weighted by atomic mass is 10.2. The second-order valence-electron chi connectivity index (χ2n) is 5.79. The molecule has 26 heavy (non-hydrogen) atoms. The number of ketones is 1. The summed E-state index contributed by atoms with van der Waals surface area (Å²) in [4.78, 5) is 27.1. The van der Waals surface area contributed by atoms with Crippen molar-refractivity contribution in [3.8, 4) is 0 Å². The highest BCUT2D eigenvalue weighted by Crippen LogP contribution is 2.18. The number of carbonyl (C=O) groups is 1. The lowest BCUT2D eigenvalue weighted by molar-refractivity contribution is 0.102. The molecule has 0 saturated carbocycles. The van der Waals surface area contributed by atoms with E-state index in [1.807, 2.05) is 0 Å². The second kappa shape index (κ2) is 5.52. The zero-order valence-electron chi connectivity index (χ0n) is 13.4. The standard InChI is InChI=1S/C17H14N8O/c18-14(19)7-1-3-9-11(5-7)24-16(22-9)13(26)17-23-10-4-2-8(15(20)21)6-12(10)25-17/h1-6H,(H3,18,19)(H3,20,21)(H,22,24)(H,23,25). The second-order valence-corrected chi connectivity index (χ2v) is 5.79. The molecule has 0 fully saturated rings. The van der Waals surface area contributed by atoms with Gasteiger partial charge in [0, 0.05) is 11.1 Å². The average molecular weight is 346 g/mol. The summed E-state index contributed by atoms with van der Waals surface area (Å²) in [5.74, 6) is -0.259. The molecule has 0 spiro atoms. The summed E-state index contributed by atoms with van der Waals surface area (Å²) in [6.07, 6.45) is 0. The van der Waals surface area contributed by atoms with Crippen LogP contribution in [0.4, 0.5) is 0 Å². The van der Waals surface area contributed by atoms with E-state index in [-0.39, 0.29) is 23.3 Å². The minimum absolute atomic E-state index is 0.0621. The zero-order valence-corrected chi connectivity index (χ0v) is 13.4. The van der Waals surface area contributed by atoms with Crippen molar-refractivity contribution in [1.82, 2.24) is 19.9 Å². The molecular weight excluding hydrogens is 332 g/mol. The molecule has 2 heterocycles. The maximum absolute atomic E-state index is 12.7. The fraction of sp³-hybridized carbons (Fsp3) is 0. The molecule has 0 aliphatic rings. The lowest BCUT2D eigenvalue weighted by Crippen LogP contribution is -2.10. The number of nitrogens with two attached hydrogens (primary N) is 2. The largest absolute Gasteiger partial charge is 0.384 e. The van der Waals surface area contributed by atoms with E-state index < -0.39 is 5.78 Å². The molecule has 0 unspecified atom stereocenters. The van der Waals surface area contributed by atoms with Crippen LogP contribution < -0.4 is 11.5 Å². The summed E-state index contributed by atoms with van der Waals surface area (Å²) in [6.45, 7) is 0. The first-order valence-corrected chi connectivity index (χ1v) is 7.65. The Bertz CT molecular complexity index is 1120. The van der Waals surface area contributed by atoms with E-state index in [0.717, 1.165) is 0 Å². The minimum atomic E-state index is -0.397. The Morgan fingerprint density at radius 3 is 1.62 bits per heavy atom.